The van der Waals surface area contributed by atoms with Crippen molar-refractivity contribution >= 4 is 13.7 Å². The third kappa shape index (κ3) is 37.4. The van der Waals surface area contributed by atoms with Gasteiger partial charge in [-0.05, 0) is 38.5 Å². The molecule has 0 aromatic carbocycles. The number of aliphatic hydroxyl groups is 1. The third-order valence-electron chi connectivity index (χ3n) is 9.75. The number of aliphatic hydroxyl groups excluding tert-OH is 1. The Morgan fingerprint density at radius 3 is 1.53 bits per heavy atom. The fourth-order valence-electron chi connectivity index (χ4n) is 6.27. The molecule has 2 N–H and O–H groups in total. The summed E-state index contributed by atoms with van der Waals surface area (Å²) in [4.78, 5) is 25.2. The Bertz CT molecular complexity index is 850. The SMILES string of the molecule is CCCCCCCCCCC/C=C\CCCCCCCC(=O)NC(COP(=O)([O-])OCC[N+](C)(C)C)C(O)CCCCCCCCCCCCC. The van der Waals surface area contributed by atoms with Crippen molar-refractivity contribution in [2.24, 2.45) is 0 Å². The molecule has 0 aliphatic heterocycles. The number of nitrogens with zero attached hydrogens (tertiary/aromatic N) is 1. The average Bonchev–Trinajstić information content (AvgIpc) is 3.07. The molecule has 51 heavy (non-hydrogen) atoms. The van der Waals surface area contributed by atoms with Crippen LogP contribution in [0, 0.1) is 0 Å². The lowest BCUT2D eigenvalue weighted by Gasteiger charge is -2.30. The molecule has 0 fully saturated rings. The molecule has 3 atom stereocenters. The molecular weight excluding hydrogens is 659 g/mol. The summed E-state index contributed by atoms with van der Waals surface area (Å²) in [6.07, 6.45) is 37.8. The summed E-state index contributed by atoms with van der Waals surface area (Å²) in [5.74, 6) is -0.173. The van der Waals surface area contributed by atoms with Gasteiger partial charge in [-0.25, -0.2) is 0 Å². The third-order valence-corrected chi connectivity index (χ3v) is 10.7. The summed E-state index contributed by atoms with van der Waals surface area (Å²) < 4.78 is 23.2. The Morgan fingerprint density at radius 1 is 0.667 bits per heavy atom. The van der Waals surface area contributed by atoms with Gasteiger partial charge in [0.25, 0.3) is 7.82 Å². The van der Waals surface area contributed by atoms with E-state index in [0.717, 1.165) is 51.4 Å². The molecule has 0 aliphatic rings. The highest BCUT2D eigenvalue weighted by Crippen LogP contribution is 2.38. The Kier molecular flexibility index (Phi) is 34.5. The van der Waals surface area contributed by atoms with Crippen molar-refractivity contribution < 1.29 is 32.9 Å². The maximum atomic E-state index is 12.8. The van der Waals surface area contributed by atoms with Crippen LogP contribution in [0.15, 0.2) is 12.2 Å². The highest BCUT2D eigenvalue weighted by atomic mass is 31.2. The van der Waals surface area contributed by atoms with Crippen LogP contribution < -0.4 is 10.2 Å². The summed E-state index contributed by atoms with van der Waals surface area (Å²) in [6, 6.07) is -0.799. The van der Waals surface area contributed by atoms with Crippen molar-refractivity contribution in [3.05, 3.63) is 12.2 Å². The van der Waals surface area contributed by atoms with E-state index in [0.29, 0.717) is 23.9 Å². The van der Waals surface area contributed by atoms with E-state index in [-0.39, 0.29) is 19.1 Å². The largest absolute Gasteiger partial charge is 0.756 e. The van der Waals surface area contributed by atoms with Gasteiger partial charge in [0.05, 0.1) is 39.9 Å². The zero-order valence-corrected chi connectivity index (χ0v) is 35.2. The molecule has 0 aromatic heterocycles. The quantitative estimate of drug-likeness (QED) is 0.0281. The van der Waals surface area contributed by atoms with E-state index < -0.39 is 20.0 Å². The van der Waals surface area contributed by atoms with Gasteiger partial charge < -0.3 is 28.8 Å². The zero-order chi connectivity index (χ0) is 37.9. The van der Waals surface area contributed by atoms with E-state index >= 15 is 0 Å². The lowest BCUT2D eigenvalue weighted by molar-refractivity contribution is -0.870. The highest BCUT2D eigenvalue weighted by Gasteiger charge is 2.24. The van der Waals surface area contributed by atoms with Gasteiger partial charge in [0.1, 0.15) is 13.2 Å². The minimum atomic E-state index is -4.56. The maximum absolute atomic E-state index is 12.8. The highest BCUT2D eigenvalue weighted by molar-refractivity contribution is 7.45. The van der Waals surface area contributed by atoms with Gasteiger partial charge in [-0.3, -0.25) is 9.36 Å². The molecule has 1 amide bonds. The average molecular weight is 745 g/mol. The first-order valence-corrected chi connectivity index (χ1v) is 23.0. The van der Waals surface area contributed by atoms with E-state index in [1.807, 2.05) is 21.1 Å². The van der Waals surface area contributed by atoms with Crippen LogP contribution in [0.4, 0.5) is 0 Å². The molecule has 304 valence electrons. The predicted molar refractivity (Wildman–Crippen MR) is 215 cm³/mol. The van der Waals surface area contributed by atoms with Gasteiger partial charge in [-0.2, -0.15) is 0 Å². The van der Waals surface area contributed by atoms with Crippen molar-refractivity contribution in [3.63, 3.8) is 0 Å². The normalized spacial score (nSPS) is 14.6. The van der Waals surface area contributed by atoms with Crippen LogP contribution in [-0.2, 0) is 18.4 Å². The summed E-state index contributed by atoms with van der Waals surface area (Å²) in [6.45, 7) is 4.70. The van der Waals surface area contributed by atoms with Crippen LogP contribution >= 0.6 is 7.82 Å². The predicted octanol–water partition coefficient (Wildman–Crippen LogP) is 10.9. The topological polar surface area (TPSA) is 108 Å². The molecule has 9 heteroatoms. The molecule has 0 saturated heterocycles. The van der Waals surface area contributed by atoms with Gasteiger partial charge in [0.15, 0.2) is 0 Å². The number of rotatable bonds is 39. The molecule has 0 saturated carbocycles. The number of quaternary nitrogens is 1. The van der Waals surface area contributed by atoms with E-state index in [1.54, 1.807) is 0 Å². The summed E-state index contributed by atoms with van der Waals surface area (Å²) in [5.41, 5.74) is 0. The minimum Gasteiger partial charge on any atom is -0.756 e. The Labute approximate surface area is 316 Å². The van der Waals surface area contributed by atoms with E-state index in [4.69, 9.17) is 9.05 Å². The van der Waals surface area contributed by atoms with E-state index in [1.165, 1.54) is 122 Å². The van der Waals surface area contributed by atoms with Crippen LogP contribution in [0.3, 0.4) is 0 Å². The second-order valence-electron chi connectivity index (χ2n) is 16.1. The molecule has 8 nitrogen and oxygen atoms in total. The summed E-state index contributed by atoms with van der Waals surface area (Å²) >= 11 is 0. The van der Waals surface area contributed by atoms with Crippen molar-refractivity contribution in [1.29, 1.82) is 0 Å². The number of hydrogen-bond acceptors (Lipinski definition) is 6. The van der Waals surface area contributed by atoms with Crippen molar-refractivity contribution in [1.82, 2.24) is 5.32 Å². The number of phosphoric ester groups is 1. The van der Waals surface area contributed by atoms with E-state index in [9.17, 15) is 19.4 Å². The number of hydrogen-bond donors (Lipinski definition) is 2. The van der Waals surface area contributed by atoms with Gasteiger partial charge in [0, 0.05) is 6.42 Å². The Balaban J connectivity index is 4.34. The fraction of sp³-hybridized carbons (Fsp3) is 0.929. The monoisotopic (exact) mass is 745 g/mol. The summed E-state index contributed by atoms with van der Waals surface area (Å²) in [5, 5.41) is 13.8. The minimum absolute atomic E-state index is 0.0121. The number of nitrogens with one attached hydrogen (secondary N) is 1. The first-order chi connectivity index (χ1) is 24.5. The maximum Gasteiger partial charge on any atom is 0.268 e. The second kappa shape index (κ2) is 35.0. The van der Waals surface area contributed by atoms with Crippen molar-refractivity contribution in [2.45, 2.75) is 212 Å². The summed E-state index contributed by atoms with van der Waals surface area (Å²) in [7, 11) is 1.30. The van der Waals surface area contributed by atoms with Crippen molar-refractivity contribution in [2.75, 3.05) is 40.9 Å². The standard InChI is InChI=1S/C42H85N2O6P/c1-6-8-10-12-14-16-18-19-20-21-22-23-24-26-28-30-32-34-36-42(46)43-40(39-50-51(47,48)49-38-37-44(3,4)5)41(45)35-33-31-29-27-25-17-15-13-11-9-7-2/h22-23,40-41,45H,6-21,24-39H2,1-5H3,(H-,43,46,47,48)/b23-22-. The van der Waals surface area contributed by atoms with Gasteiger partial charge in [-0.15, -0.1) is 0 Å². The first kappa shape index (κ1) is 50.2. The fourth-order valence-corrected chi connectivity index (χ4v) is 6.99. The molecule has 0 aliphatic carbocycles. The molecule has 0 rings (SSSR count). The number of phosphoric acid groups is 1. The first-order valence-electron chi connectivity index (χ1n) is 21.5. The van der Waals surface area contributed by atoms with Crippen molar-refractivity contribution in [3.8, 4) is 0 Å². The number of carbonyl (C=O) groups is 1. The number of unbranched alkanes of at least 4 members (excludes halogenated alkanes) is 24. The number of carbonyl (C=O) groups excluding carboxylic acids is 1. The molecule has 0 aromatic rings. The van der Waals surface area contributed by atoms with Gasteiger partial charge >= 0.3 is 0 Å². The molecular formula is C42H85N2O6P. The Hall–Kier alpha value is -0.760. The smallest absolute Gasteiger partial charge is 0.268 e. The van der Waals surface area contributed by atoms with Crippen LogP contribution in [0.1, 0.15) is 200 Å². The van der Waals surface area contributed by atoms with Crippen LogP contribution in [0.5, 0.6) is 0 Å². The molecule has 0 bridgehead atoms. The van der Waals surface area contributed by atoms with Gasteiger partial charge in [0.2, 0.25) is 5.91 Å². The Morgan fingerprint density at radius 2 is 1.08 bits per heavy atom. The van der Waals surface area contributed by atoms with Crippen LogP contribution in [0.2, 0.25) is 0 Å². The molecule has 0 heterocycles. The van der Waals surface area contributed by atoms with Crippen LogP contribution in [0.25, 0.3) is 0 Å². The zero-order valence-electron chi connectivity index (χ0n) is 34.3. The number of amides is 1. The molecule has 3 unspecified atom stereocenters. The molecule has 0 spiro atoms. The van der Waals surface area contributed by atoms with E-state index in [2.05, 4.69) is 31.3 Å². The number of allylic oxidation sites excluding steroid dienone is 2. The van der Waals surface area contributed by atoms with Crippen LogP contribution in [-0.4, -0.2) is 68.5 Å². The van der Waals surface area contributed by atoms with Gasteiger partial charge in [-0.1, -0.05) is 167 Å². The number of likely N-dealkylation sites (N-methyl/N-ethyl adjacent to an activating group) is 1. The molecule has 0 radical (unpaired) electrons. The second-order valence-corrected chi connectivity index (χ2v) is 17.5. The lowest BCUT2D eigenvalue weighted by atomic mass is 10.0. The lowest BCUT2D eigenvalue weighted by Crippen LogP contribution is -2.46.